The summed E-state index contributed by atoms with van der Waals surface area (Å²) in [4.78, 5) is 0. The molecule has 2 N–H and O–H groups in total. The van der Waals surface area contributed by atoms with Crippen LogP contribution in [-0.4, -0.2) is 35.1 Å². The number of hydrogen-bond acceptors (Lipinski definition) is 3. The van der Waals surface area contributed by atoms with Crippen LogP contribution < -0.4 is 0 Å². The highest BCUT2D eigenvalue weighted by Gasteiger charge is 2.46. The fraction of sp³-hybridized carbons (Fsp3) is 0.565. The minimum atomic E-state index is -0.430. The summed E-state index contributed by atoms with van der Waals surface area (Å²) < 4.78 is 6.16. The van der Waals surface area contributed by atoms with Crippen molar-refractivity contribution >= 4 is 0 Å². The Morgan fingerprint density at radius 1 is 1.08 bits per heavy atom. The van der Waals surface area contributed by atoms with Gasteiger partial charge in [0, 0.05) is 12.3 Å². The largest absolute Gasteiger partial charge is 0.392 e. The molecule has 1 aromatic carbocycles. The van der Waals surface area contributed by atoms with Crippen LogP contribution in [0.25, 0.3) is 0 Å². The first-order valence-corrected chi connectivity index (χ1v) is 10.1. The van der Waals surface area contributed by atoms with E-state index in [0.717, 1.165) is 19.3 Å². The highest BCUT2D eigenvalue weighted by Crippen LogP contribution is 2.46. The average Bonchev–Trinajstić information content (AvgIpc) is 3.25. The Kier molecular flexibility index (Phi) is 7.48. The molecule has 5 unspecified atom stereocenters. The Morgan fingerprint density at radius 2 is 1.88 bits per heavy atom. The molecule has 3 heteroatoms. The molecule has 2 aliphatic heterocycles. The van der Waals surface area contributed by atoms with E-state index in [4.69, 9.17) is 9.84 Å². The normalized spacial score (nSPS) is 29.2. The van der Waals surface area contributed by atoms with Gasteiger partial charge in [-0.3, -0.25) is 0 Å². The first-order chi connectivity index (χ1) is 12.8. The van der Waals surface area contributed by atoms with Gasteiger partial charge in [-0.05, 0) is 43.6 Å². The summed E-state index contributed by atoms with van der Waals surface area (Å²) in [5.74, 6) is 1.04. The molecule has 3 rings (SSSR count). The predicted octanol–water partition coefficient (Wildman–Crippen LogP) is 4.05. The number of fused-ring (bicyclic) bond motifs is 2. The third kappa shape index (κ3) is 5.29. The highest BCUT2D eigenvalue weighted by atomic mass is 16.5. The van der Waals surface area contributed by atoms with E-state index < -0.39 is 6.10 Å². The van der Waals surface area contributed by atoms with Gasteiger partial charge in [0.2, 0.25) is 0 Å². The Morgan fingerprint density at radius 3 is 2.69 bits per heavy atom. The van der Waals surface area contributed by atoms with Gasteiger partial charge in [0.1, 0.15) is 0 Å². The van der Waals surface area contributed by atoms with Crippen LogP contribution >= 0.6 is 0 Å². The molecule has 2 bridgehead atoms. The molecule has 0 aliphatic carbocycles. The smallest absolute Gasteiger partial charge is 0.0761 e. The van der Waals surface area contributed by atoms with Gasteiger partial charge in [0.15, 0.2) is 0 Å². The molecular formula is C23H32O3. The molecule has 5 atom stereocenters. The molecular weight excluding hydrogens is 324 g/mol. The molecule has 3 nitrogen and oxygen atoms in total. The lowest BCUT2D eigenvalue weighted by Crippen LogP contribution is -2.26. The summed E-state index contributed by atoms with van der Waals surface area (Å²) in [5, 5.41) is 19.1. The van der Waals surface area contributed by atoms with Gasteiger partial charge < -0.3 is 14.9 Å². The van der Waals surface area contributed by atoms with Crippen molar-refractivity contribution in [1.82, 2.24) is 0 Å². The molecule has 0 amide bonds. The maximum absolute atomic E-state index is 10.4. The van der Waals surface area contributed by atoms with Gasteiger partial charge >= 0.3 is 0 Å². The summed E-state index contributed by atoms with van der Waals surface area (Å²) in [5.41, 5.74) is 1.17. The molecule has 0 saturated carbocycles. The van der Waals surface area contributed by atoms with Crippen LogP contribution in [0.3, 0.4) is 0 Å². The first kappa shape index (κ1) is 19.3. The average molecular weight is 357 g/mol. The van der Waals surface area contributed by atoms with Crippen molar-refractivity contribution in [3.63, 3.8) is 0 Å². The van der Waals surface area contributed by atoms with Crippen molar-refractivity contribution in [3.8, 4) is 0 Å². The van der Waals surface area contributed by atoms with Gasteiger partial charge in [-0.1, -0.05) is 61.1 Å². The number of allylic oxidation sites excluding steroid dienone is 1. The van der Waals surface area contributed by atoms with E-state index in [1.807, 2.05) is 30.4 Å². The SMILES string of the molecule is OC/C=C/CCCCC1C2CCC(O2)C1/C=C/C(O)Cc1ccccc1. The lowest BCUT2D eigenvalue weighted by atomic mass is 9.76. The summed E-state index contributed by atoms with van der Waals surface area (Å²) in [6, 6.07) is 10.2. The van der Waals surface area contributed by atoms with Crippen molar-refractivity contribution in [2.45, 2.75) is 63.3 Å². The molecule has 2 aliphatic rings. The molecule has 0 spiro atoms. The van der Waals surface area contributed by atoms with E-state index in [1.165, 1.54) is 24.8 Å². The summed E-state index contributed by atoms with van der Waals surface area (Å²) in [6.07, 6.45) is 16.0. The molecule has 0 aromatic heterocycles. The number of ether oxygens (including phenoxy) is 1. The van der Waals surface area contributed by atoms with Gasteiger partial charge in [-0.2, -0.15) is 0 Å². The minimum absolute atomic E-state index is 0.137. The van der Waals surface area contributed by atoms with E-state index in [-0.39, 0.29) is 6.61 Å². The minimum Gasteiger partial charge on any atom is -0.392 e. The van der Waals surface area contributed by atoms with Crippen LogP contribution in [0.15, 0.2) is 54.6 Å². The second-order valence-electron chi connectivity index (χ2n) is 7.61. The zero-order valence-electron chi connectivity index (χ0n) is 15.5. The first-order valence-electron chi connectivity index (χ1n) is 10.1. The summed E-state index contributed by atoms with van der Waals surface area (Å²) in [7, 11) is 0. The molecule has 0 radical (unpaired) electrons. The maximum Gasteiger partial charge on any atom is 0.0761 e. The Bertz CT molecular complexity index is 580. The van der Waals surface area contributed by atoms with Gasteiger partial charge in [-0.25, -0.2) is 0 Å². The van der Waals surface area contributed by atoms with Gasteiger partial charge in [-0.15, -0.1) is 0 Å². The lowest BCUT2D eigenvalue weighted by Gasteiger charge is -2.26. The highest BCUT2D eigenvalue weighted by molar-refractivity contribution is 5.17. The number of rotatable bonds is 10. The fourth-order valence-corrected chi connectivity index (χ4v) is 4.47. The molecule has 2 heterocycles. The van der Waals surface area contributed by atoms with Crippen molar-refractivity contribution in [2.24, 2.45) is 11.8 Å². The van der Waals surface area contributed by atoms with E-state index >= 15 is 0 Å². The second-order valence-corrected chi connectivity index (χ2v) is 7.61. The number of unbranched alkanes of at least 4 members (excludes halogenated alkanes) is 2. The molecule has 2 saturated heterocycles. The quantitative estimate of drug-likeness (QED) is 0.491. The van der Waals surface area contributed by atoms with Crippen molar-refractivity contribution < 1.29 is 14.9 Å². The van der Waals surface area contributed by atoms with Crippen molar-refractivity contribution in [1.29, 1.82) is 0 Å². The van der Waals surface area contributed by atoms with Crippen LogP contribution in [0.1, 0.15) is 44.1 Å². The van der Waals surface area contributed by atoms with Gasteiger partial charge in [0.05, 0.1) is 24.9 Å². The van der Waals surface area contributed by atoms with Crippen LogP contribution in [-0.2, 0) is 11.2 Å². The van der Waals surface area contributed by atoms with Crippen molar-refractivity contribution in [2.75, 3.05) is 6.61 Å². The molecule has 1 aromatic rings. The van der Waals surface area contributed by atoms with Crippen LogP contribution in [0.5, 0.6) is 0 Å². The van der Waals surface area contributed by atoms with Gasteiger partial charge in [0.25, 0.3) is 0 Å². The van der Waals surface area contributed by atoms with E-state index in [1.54, 1.807) is 0 Å². The zero-order valence-corrected chi connectivity index (χ0v) is 15.5. The van der Waals surface area contributed by atoms with Crippen LogP contribution in [0.4, 0.5) is 0 Å². The number of aliphatic hydroxyl groups is 2. The van der Waals surface area contributed by atoms with Crippen molar-refractivity contribution in [3.05, 3.63) is 60.2 Å². The van der Waals surface area contributed by atoms with E-state index in [2.05, 4.69) is 24.3 Å². The zero-order chi connectivity index (χ0) is 18.2. The second kappa shape index (κ2) is 10.1. The third-order valence-corrected chi connectivity index (χ3v) is 5.76. The lowest BCUT2D eigenvalue weighted by molar-refractivity contribution is 0.0884. The van der Waals surface area contributed by atoms with Crippen LogP contribution in [0, 0.1) is 11.8 Å². The van der Waals surface area contributed by atoms with E-state index in [0.29, 0.717) is 30.5 Å². The monoisotopic (exact) mass is 356 g/mol. The Labute approximate surface area is 157 Å². The summed E-state index contributed by atoms with van der Waals surface area (Å²) in [6.45, 7) is 0.137. The molecule has 26 heavy (non-hydrogen) atoms. The number of benzene rings is 1. The molecule has 142 valence electrons. The Balaban J connectivity index is 1.49. The topological polar surface area (TPSA) is 49.7 Å². The summed E-state index contributed by atoms with van der Waals surface area (Å²) >= 11 is 0. The maximum atomic E-state index is 10.4. The molecule has 2 fully saturated rings. The standard InChI is InChI=1S/C23H32O3/c24-16-8-3-1-2-7-11-20-21(23-15-14-22(20)26-23)13-12-19(25)17-18-9-5-4-6-10-18/h3-6,8-10,12-13,19-25H,1-2,7,11,14-17H2/b8-3+,13-12+. The van der Waals surface area contributed by atoms with Crippen LogP contribution in [0.2, 0.25) is 0 Å². The fourth-order valence-electron chi connectivity index (χ4n) is 4.47. The Hall–Kier alpha value is -1.42. The number of aliphatic hydroxyl groups excluding tert-OH is 2. The predicted molar refractivity (Wildman–Crippen MR) is 105 cm³/mol. The number of hydrogen-bond donors (Lipinski definition) is 2. The third-order valence-electron chi connectivity index (χ3n) is 5.76. The van der Waals surface area contributed by atoms with E-state index in [9.17, 15) is 5.11 Å².